The predicted octanol–water partition coefficient (Wildman–Crippen LogP) is 4.00. The lowest BCUT2D eigenvalue weighted by atomic mass is 10.1. The van der Waals surface area contributed by atoms with Gasteiger partial charge in [0.25, 0.3) is 5.91 Å². The average Bonchev–Trinajstić information content (AvgIpc) is 2.90. The van der Waals surface area contributed by atoms with Gasteiger partial charge in [-0.15, -0.1) is 4.91 Å². The third-order valence-corrected chi connectivity index (χ3v) is 4.54. The number of rotatable bonds is 2. The molecule has 1 aliphatic heterocycles. The number of carbonyl (C=O) groups excluding carboxylic acids is 1. The van der Waals surface area contributed by atoms with Gasteiger partial charge in [0.05, 0.1) is 11.2 Å². The number of halogens is 2. The van der Waals surface area contributed by atoms with Crippen molar-refractivity contribution < 1.29 is 9.18 Å². The van der Waals surface area contributed by atoms with E-state index < -0.39 is 17.9 Å². The molecule has 0 saturated carbocycles. The summed E-state index contributed by atoms with van der Waals surface area (Å²) in [5.41, 5.74) is 2.07. The number of nitrogens with zero attached hydrogens (tertiary/aromatic N) is 2. The van der Waals surface area contributed by atoms with E-state index >= 15 is 0 Å². The molecule has 0 fully saturated rings. The summed E-state index contributed by atoms with van der Waals surface area (Å²) in [7, 11) is 0. The Morgan fingerprint density at radius 3 is 2.79 bits per heavy atom. The largest absolute Gasteiger partial charge is 0.348 e. The molecule has 1 atom stereocenters. The molecule has 0 saturated heterocycles. The Morgan fingerprint density at radius 1 is 1.25 bits per heavy atom. The summed E-state index contributed by atoms with van der Waals surface area (Å²) >= 11 is 6.28. The Hall–Kier alpha value is -2.73. The van der Waals surface area contributed by atoms with Gasteiger partial charge in [0.2, 0.25) is 6.17 Å². The molecule has 7 heteroatoms. The molecular weight excluding hydrogens is 333 g/mol. The molecule has 1 amide bonds. The first-order chi connectivity index (χ1) is 11.6. The SMILES string of the molecule is O=NC1C(=O)NCc2ccc(Cl)c3cc(-c4ccccc4F)n1c23. The van der Waals surface area contributed by atoms with Crippen LogP contribution < -0.4 is 5.32 Å². The number of nitrogens with one attached hydrogen (secondary N) is 1. The quantitative estimate of drug-likeness (QED) is 0.715. The van der Waals surface area contributed by atoms with E-state index in [-0.39, 0.29) is 12.1 Å². The highest BCUT2D eigenvalue weighted by Crippen LogP contribution is 2.39. The standard InChI is InChI=1S/C17H11ClFN3O2/c18-12-6-5-9-8-20-17(23)16(21-24)22-14(7-11(12)15(9)22)10-3-1-2-4-13(10)19/h1-7,16H,8H2,(H,20,23). The number of nitroso groups, excluding NO2 is 1. The topological polar surface area (TPSA) is 63.5 Å². The lowest BCUT2D eigenvalue weighted by Gasteiger charge is -2.14. The minimum absolute atomic E-state index is 0.249. The summed E-state index contributed by atoms with van der Waals surface area (Å²) in [5.74, 6) is -0.990. The molecular formula is C17H11ClFN3O2. The van der Waals surface area contributed by atoms with Gasteiger partial charge in [-0.25, -0.2) is 4.39 Å². The van der Waals surface area contributed by atoms with Gasteiger partial charge in [0.15, 0.2) is 0 Å². The molecule has 2 aromatic carbocycles. The zero-order valence-electron chi connectivity index (χ0n) is 12.3. The maximum atomic E-state index is 14.3. The van der Waals surface area contributed by atoms with Gasteiger partial charge in [-0.3, -0.25) is 4.79 Å². The maximum absolute atomic E-state index is 14.3. The number of benzene rings is 2. The van der Waals surface area contributed by atoms with Gasteiger partial charge in [-0.2, -0.15) is 0 Å². The third kappa shape index (κ3) is 2.03. The highest BCUT2D eigenvalue weighted by Gasteiger charge is 2.31. The maximum Gasteiger partial charge on any atom is 0.269 e. The van der Waals surface area contributed by atoms with Crippen LogP contribution in [0.5, 0.6) is 0 Å². The van der Waals surface area contributed by atoms with Crippen LogP contribution in [0.4, 0.5) is 4.39 Å². The van der Waals surface area contributed by atoms with Crippen LogP contribution in [0.15, 0.2) is 47.6 Å². The first-order valence-corrected chi connectivity index (χ1v) is 7.67. The molecule has 5 nitrogen and oxygen atoms in total. The third-order valence-electron chi connectivity index (χ3n) is 4.21. The van der Waals surface area contributed by atoms with Crippen LogP contribution in [0.25, 0.3) is 22.2 Å². The van der Waals surface area contributed by atoms with Crippen LogP contribution in [-0.2, 0) is 11.3 Å². The highest BCUT2D eigenvalue weighted by molar-refractivity contribution is 6.35. The van der Waals surface area contributed by atoms with E-state index in [0.717, 1.165) is 5.56 Å². The first kappa shape index (κ1) is 14.8. The molecule has 0 radical (unpaired) electrons. The normalized spacial score (nSPS) is 16.8. The highest BCUT2D eigenvalue weighted by atomic mass is 35.5. The van der Waals surface area contributed by atoms with Gasteiger partial charge in [0, 0.05) is 22.5 Å². The minimum atomic E-state index is -1.32. The number of hydrogen-bond donors (Lipinski definition) is 1. The van der Waals surface area contributed by atoms with Crippen molar-refractivity contribution >= 4 is 28.4 Å². The van der Waals surface area contributed by atoms with E-state index in [1.807, 2.05) is 0 Å². The second-order valence-electron chi connectivity index (χ2n) is 5.55. The second-order valence-corrected chi connectivity index (χ2v) is 5.95. The van der Waals surface area contributed by atoms with Crippen molar-refractivity contribution in [2.24, 2.45) is 5.18 Å². The van der Waals surface area contributed by atoms with Crippen molar-refractivity contribution in [2.45, 2.75) is 12.7 Å². The molecule has 0 bridgehead atoms. The Labute approximate surface area is 141 Å². The molecule has 2 heterocycles. The molecule has 1 aromatic heterocycles. The summed E-state index contributed by atoms with van der Waals surface area (Å²) in [4.78, 5) is 23.6. The molecule has 1 N–H and O–H groups in total. The summed E-state index contributed by atoms with van der Waals surface area (Å²) in [6.07, 6.45) is -1.32. The molecule has 120 valence electrons. The van der Waals surface area contributed by atoms with Crippen LogP contribution in [0.2, 0.25) is 5.02 Å². The van der Waals surface area contributed by atoms with E-state index in [4.69, 9.17) is 11.6 Å². The summed E-state index contributed by atoms with van der Waals surface area (Å²) < 4.78 is 15.8. The Balaban J connectivity index is 2.16. The van der Waals surface area contributed by atoms with Crippen LogP contribution >= 0.6 is 11.6 Å². The van der Waals surface area contributed by atoms with Crippen LogP contribution in [0.3, 0.4) is 0 Å². The molecule has 3 aromatic rings. The van der Waals surface area contributed by atoms with Crippen molar-refractivity contribution in [3.63, 3.8) is 0 Å². The van der Waals surface area contributed by atoms with Crippen molar-refractivity contribution in [1.82, 2.24) is 9.88 Å². The fourth-order valence-corrected chi connectivity index (χ4v) is 3.34. The lowest BCUT2D eigenvalue weighted by Crippen LogP contribution is -2.28. The summed E-state index contributed by atoms with van der Waals surface area (Å²) in [6, 6.07) is 11.4. The molecule has 24 heavy (non-hydrogen) atoms. The van der Waals surface area contributed by atoms with Gasteiger partial charge < -0.3 is 9.88 Å². The van der Waals surface area contributed by atoms with E-state index in [0.29, 0.717) is 21.6 Å². The fourth-order valence-electron chi connectivity index (χ4n) is 3.14. The van der Waals surface area contributed by atoms with E-state index in [2.05, 4.69) is 10.5 Å². The van der Waals surface area contributed by atoms with Crippen LogP contribution in [0, 0.1) is 10.7 Å². The molecule has 0 spiro atoms. The average molecular weight is 344 g/mol. The fraction of sp³-hybridized carbons (Fsp3) is 0.118. The summed E-state index contributed by atoms with van der Waals surface area (Å²) in [6.45, 7) is 0.249. The van der Waals surface area contributed by atoms with Gasteiger partial charge in [-0.05, 0) is 35.0 Å². The number of carbonyl (C=O) groups is 1. The summed E-state index contributed by atoms with van der Waals surface area (Å²) in [5, 5.41) is 6.74. The monoisotopic (exact) mass is 343 g/mol. The molecule has 0 aliphatic carbocycles. The van der Waals surface area contributed by atoms with E-state index in [1.165, 1.54) is 10.6 Å². The first-order valence-electron chi connectivity index (χ1n) is 7.29. The zero-order valence-corrected chi connectivity index (χ0v) is 13.0. The van der Waals surface area contributed by atoms with Crippen molar-refractivity contribution in [2.75, 3.05) is 0 Å². The zero-order chi connectivity index (χ0) is 16.8. The smallest absolute Gasteiger partial charge is 0.269 e. The van der Waals surface area contributed by atoms with Crippen molar-refractivity contribution in [1.29, 1.82) is 0 Å². The molecule has 1 unspecified atom stereocenters. The van der Waals surface area contributed by atoms with Crippen molar-refractivity contribution in [3.8, 4) is 11.3 Å². The van der Waals surface area contributed by atoms with E-state index in [1.54, 1.807) is 36.4 Å². The van der Waals surface area contributed by atoms with Gasteiger partial charge in [0.1, 0.15) is 5.82 Å². The Bertz CT molecular complexity index is 999. The minimum Gasteiger partial charge on any atom is -0.348 e. The van der Waals surface area contributed by atoms with Crippen molar-refractivity contribution in [3.05, 3.63) is 63.8 Å². The van der Waals surface area contributed by atoms with Gasteiger partial charge in [-0.1, -0.05) is 29.8 Å². The van der Waals surface area contributed by atoms with Gasteiger partial charge >= 0.3 is 0 Å². The lowest BCUT2D eigenvalue weighted by molar-refractivity contribution is -0.124. The Morgan fingerprint density at radius 2 is 2.04 bits per heavy atom. The number of amides is 1. The number of hydrogen-bond acceptors (Lipinski definition) is 3. The van der Waals surface area contributed by atoms with Crippen LogP contribution in [-0.4, -0.2) is 10.5 Å². The second kappa shape index (κ2) is 5.42. The van der Waals surface area contributed by atoms with Crippen LogP contribution in [0.1, 0.15) is 11.7 Å². The van der Waals surface area contributed by atoms with E-state index in [9.17, 15) is 14.1 Å². The predicted molar refractivity (Wildman–Crippen MR) is 89.0 cm³/mol. The Kier molecular flexibility index (Phi) is 3.35. The molecule has 4 rings (SSSR count). The number of aromatic nitrogens is 1. The molecule has 1 aliphatic rings.